The lowest BCUT2D eigenvalue weighted by Crippen LogP contribution is -2.09. The van der Waals surface area contributed by atoms with Crippen molar-refractivity contribution in [1.29, 1.82) is 0 Å². The zero-order valence-electron chi connectivity index (χ0n) is 25.4. The number of rotatable bonds is 13. The summed E-state index contributed by atoms with van der Waals surface area (Å²) in [6.07, 6.45) is 2.66. The maximum absolute atomic E-state index is 11.9. The van der Waals surface area contributed by atoms with Crippen molar-refractivity contribution >= 4 is 22.7 Å². The minimum Gasteiger partial charge on any atom is -0.462 e. The van der Waals surface area contributed by atoms with Crippen LogP contribution in [-0.2, 0) is 38.3 Å². The molecule has 5 heteroatoms. The van der Waals surface area contributed by atoms with E-state index < -0.39 is 0 Å². The Morgan fingerprint density at radius 1 is 0.651 bits per heavy atom. The number of ether oxygens (including phenoxy) is 2. The maximum atomic E-state index is 11.9. The van der Waals surface area contributed by atoms with E-state index in [0.717, 1.165) is 61.7 Å². The second-order valence-electron chi connectivity index (χ2n) is 11.1. The van der Waals surface area contributed by atoms with Crippen LogP contribution < -0.4 is 0 Å². The summed E-state index contributed by atoms with van der Waals surface area (Å²) in [5, 5.41) is 11.6. The summed E-state index contributed by atoms with van der Waals surface area (Å²) in [7, 11) is 0. The van der Waals surface area contributed by atoms with E-state index in [2.05, 4.69) is 92.9 Å². The maximum Gasteiger partial charge on any atom is 0.333 e. The lowest BCUT2D eigenvalue weighted by molar-refractivity contribution is -0.139. The van der Waals surface area contributed by atoms with Crippen LogP contribution in [0.4, 0.5) is 0 Å². The molecule has 222 valence electrons. The van der Waals surface area contributed by atoms with Gasteiger partial charge in [-0.2, -0.15) is 0 Å². The number of carbonyl (C=O) groups is 2. The smallest absolute Gasteiger partial charge is 0.333 e. The number of carbonyl (C=O) groups excluding carboxylic acids is 2. The molecule has 0 fully saturated rings. The Kier molecular flexibility index (Phi) is 10.7. The Morgan fingerprint density at radius 3 is 1.84 bits per heavy atom. The van der Waals surface area contributed by atoms with Crippen LogP contribution in [0.5, 0.6) is 0 Å². The molecule has 0 heterocycles. The SMILES string of the molecule is C=C(C)C(=O)OCCc1cc(-c2ccc3cc(-c4ccc(C)cc4CCOC(=O)C(=C)C)ccc3c2)ccc1CCCO. The van der Waals surface area contributed by atoms with E-state index in [9.17, 15) is 14.7 Å². The van der Waals surface area contributed by atoms with Gasteiger partial charge >= 0.3 is 11.9 Å². The van der Waals surface area contributed by atoms with Crippen molar-refractivity contribution < 1.29 is 24.2 Å². The van der Waals surface area contributed by atoms with Crippen molar-refractivity contribution in [3.8, 4) is 22.3 Å². The molecule has 4 rings (SSSR count). The van der Waals surface area contributed by atoms with Crippen molar-refractivity contribution in [3.05, 3.63) is 119 Å². The molecule has 0 radical (unpaired) electrons. The zero-order valence-corrected chi connectivity index (χ0v) is 25.4. The molecule has 43 heavy (non-hydrogen) atoms. The molecule has 0 amide bonds. The summed E-state index contributed by atoms with van der Waals surface area (Å²) in [6.45, 7) is 13.4. The molecule has 1 N–H and O–H groups in total. The number of fused-ring (bicyclic) bond motifs is 1. The molecule has 4 aromatic carbocycles. The lowest BCUT2D eigenvalue weighted by Gasteiger charge is -2.14. The van der Waals surface area contributed by atoms with Gasteiger partial charge in [-0.1, -0.05) is 79.4 Å². The predicted molar refractivity (Wildman–Crippen MR) is 174 cm³/mol. The number of aliphatic hydroxyl groups excluding tert-OH is 1. The van der Waals surface area contributed by atoms with E-state index in [0.29, 0.717) is 37.0 Å². The van der Waals surface area contributed by atoms with Crippen LogP contribution in [0.25, 0.3) is 33.0 Å². The second kappa shape index (κ2) is 14.6. The number of hydrogen-bond acceptors (Lipinski definition) is 5. The summed E-state index contributed by atoms with van der Waals surface area (Å²) >= 11 is 0. The lowest BCUT2D eigenvalue weighted by atomic mass is 9.92. The van der Waals surface area contributed by atoms with Crippen molar-refractivity contribution in [2.45, 2.75) is 46.5 Å². The number of benzene rings is 4. The van der Waals surface area contributed by atoms with E-state index in [-0.39, 0.29) is 25.2 Å². The largest absolute Gasteiger partial charge is 0.462 e. The fourth-order valence-corrected chi connectivity index (χ4v) is 5.11. The molecular weight excluding hydrogens is 536 g/mol. The van der Waals surface area contributed by atoms with Gasteiger partial charge in [0.25, 0.3) is 0 Å². The summed E-state index contributed by atoms with van der Waals surface area (Å²) < 4.78 is 10.7. The minimum atomic E-state index is -0.383. The number of aryl methyl sites for hydroxylation is 2. The van der Waals surface area contributed by atoms with Gasteiger partial charge in [-0.05, 0) is 95.5 Å². The Balaban J connectivity index is 1.58. The van der Waals surface area contributed by atoms with Crippen LogP contribution in [0.3, 0.4) is 0 Å². The zero-order chi connectivity index (χ0) is 30.9. The molecule has 0 spiro atoms. The van der Waals surface area contributed by atoms with Crippen LogP contribution in [-0.4, -0.2) is 36.9 Å². The Morgan fingerprint density at radius 2 is 1.21 bits per heavy atom. The van der Waals surface area contributed by atoms with Gasteiger partial charge in [-0.25, -0.2) is 9.59 Å². The number of esters is 2. The number of aliphatic hydroxyl groups is 1. The fourth-order valence-electron chi connectivity index (χ4n) is 5.11. The van der Waals surface area contributed by atoms with Crippen molar-refractivity contribution in [1.82, 2.24) is 0 Å². The van der Waals surface area contributed by atoms with Gasteiger partial charge in [-0.3, -0.25) is 0 Å². The van der Waals surface area contributed by atoms with Crippen LogP contribution in [0.1, 0.15) is 42.5 Å². The summed E-state index contributed by atoms with van der Waals surface area (Å²) in [4.78, 5) is 23.7. The second-order valence-corrected chi connectivity index (χ2v) is 11.1. The third-order valence-electron chi connectivity index (χ3n) is 7.46. The van der Waals surface area contributed by atoms with Gasteiger partial charge in [0.05, 0.1) is 13.2 Å². The van der Waals surface area contributed by atoms with Gasteiger partial charge in [0, 0.05) is 30.6 Å². The van der Waals surface area contributed by atoms with Crippen LogP contribution in [0.15, 0.2) is 97.1 Å². The molecule has 4 aromatic rings. The molecule has 0 saturated heterocycles. The average Bonchev–Trinajstić information content (AvgIpc) is 2.99. The van der Waals surface area contributed by atoms with Crippen molar-refractivity contribution in [3.63, 3.8) is 0 Å². The van der Waals surface area contributed by atoms with Gasteiger partial charge in [-0.15, -0.1) is 0 Å². The number of hydrogen-bond donors (Lipinski definition) is 1. The van der Waals surface area contributed by atoms with Crippen molar-refractivity contribution in [2.24, 2.45) is 0 Å². The third kappa shape index (κ3) is 8.30. The highest BCUT2D eigenvalue weighted by Crippen LogP contribution is 2.32. The molecule has 0 aliphatic rings. The van der Waals surface area contributed by atoms with E-state index in [1.54, 1.807) is 13.8 Å². The minimum absolute atomic E-state index is 0.130. The molecule has 0 atom stereocenters. The van der Waals surface area contributed by atoms with Gasteiger partial charge in [0.15, 0.2) is 0 Å². The van der Waals surface area contributed by atoms with Gasteiger partial charge in [0.1, 0.15) is 0 Å². The quantitative estimate of drug-likeness (QED) is 0.130. The monoisotopic (exact) mass is 576 g/mol. The molecule has 5 nitrogen and oxygen atoms in total. The Labute approximate surface area is 254 Å². The molecular formula is C38H40O5. The van der Waals surface area contributed by atoms with Crippen LogP contribution in [0.2, 0.25) is 0 Å². The topological polar surface area (TPSA) is 72.8 Å². The first kappa shape index (κ1) is 31.5. The van der Waals surface area contributed by atoms with E-state index in [4.69, 9.17) is 9.47 Å². The fraction of sp³-hybridized carbons (Fsp3) is 0.263. The molecule has 0 saturated carbocycles. The Hall–Kier alpha value is -4.48. The van der Waals surface area contributed by atoms with Crippen LogP contribution >= 0.6 is 0 Å². The molecule has 0 aromatic heterocycles. The summed E-state index contributed by atoms with van der Waals surface area (Å²) in [5.74, 6) is -0.750. The summed E-state index contributed by atoms with van der Waals surface area (Å²) in [5.41, 5.74) is 9.76. The average molecular weight is 577 g/mol. The highest BCUT2D eigenvalue weighted by Gasteiger charge is 2.12. The van der Waals surface area contributed by atoms with Gasteiger partial charge in [0.2, 0.25) is 0 Å². The Bertz CT molecular complexity index is 1660. The van der Waals surface area contributed by atoms with E-state index >= 15 is 0 Å². The molecule has 0 unspecified atom stereocenters. The molecule has 0 aliphatic heterocycles. The highest BCUT2D eigenvalue weighted by molar-refractivity contribution is 5.91. The van der Waals surface area contributed by atoms with E-state index in [1.165, 1.54) is 0 Å². The first-order chi connectivity index (χ1) is 20.7. The highest BCUT2D eigenvalue weighted by atomic mass is 16.5. The van der Waals surface area contributed by atoms with Crippen molar-refractivity contribution in [2.75, 3.05) is 19.8 Å². The first-order valence-corrected chi connectivity index (χ1v) is 14.7. The van der Waals surface area contributed by atoms with Crippen LogP contribution in [0, 0.1) is 6.92 Å². The molecule has 0 aliphatic carbocycles. The standard InChI is InChI=1S/C38H40O5/c1-25(2)37(40)42-19-16-33-23-29(10-9-28(33)7-6-18-39)30-11-12-32-24-34(14-13-31(32)22-30)36-15-8-27(5)21-35(36)17-20-43-38(41)26(3)4/h8-15,21-24,39H,1,3,6-7,16-20H2,2,4-5H3. The molecule has 0 bridgehead atoms. The first-order valence-electron chi connectivity index (χ1n) is 14.7. The van der Waals surface area contributed by atoms with Gasteiger partial charge < -0.3 is 14.6 Å². The predicted octanol–water partition coefficient (Wildman–Crippen LogP) is 7.73. The van der Waals surface area contributed by atoms with E-state index in [1.807, 2.05) is 0 Å². The summed E-state index contributed by atoms with van der Waals surface area (Å²) in [6, 6.07) is 25.7. The normalized spacial score (nSPS) is 10.9. The third-order valence-corrected chi connectivity index (χ3v) is 7.46.